The third-order valence-electron chi connectivity index (χ3n) is 6.13. The van der Waals surface area contributed by atoms with Crippen LogP contribution in [0.25, 0.3) is 0 Å². The Morgan fingerprint density at radius 3 is 1.76 bits per heavy atom. The number of esters is 2. The smallest absolute Gasteiger partial charge is 0.337 e. The van der Waals surface area contributed by atoms with Crippen LogP contribution in [0, 0.1) is 11.8 Å². The van der Waals surface area contributed by atoms with Gasteiger partial charge in [-0.1, -0.05) is 97.8 Å². The molecule has 0 rings (SSSR count). The Morgan fingerprint density at radius 2 is 1.26 bits per heavy atom. The number of ether oxygens (including phenoxy) is 1. The predicted molar refractivity (Wildman–Crippen MR) is 129 cm³/mol. The molecule has 0 radical (unpaired) electrons. The van der Waals surface area contributed by atoms with E-state index in [0.717, 1.165) is 51.4 Å². The molecule has 0 saturated carbocycles. The molecule has 0 aromatic rings. The van der Waals surface area contributed by atoms with Gasteiger partial charge in [0, 0.05) is 6.42 Å². The number of unbranched alkanes of at least 4 members (excludes halogenated alkanes) is 10. The molecule has 2 unspecified atom stereocenters. The van der Waals surface area contributed by atoms with E-state index in [4.69, 9.17) is 9.84 Å². The van der Waals surface area contributed by atoms with E-state index < -0.39 is 41.8 Å². The predicted octanol–water partition coefficient (Wildman–Crippen LogP) is 5.49. The van der Waals surface area contributed by atoms with Gasteiger partial charge in [-0.15, -0.1) is 0 Å². The number of carbonyl (C=O) groups is 4. The fraction of sp³-hybridized carbons (Fsp3) is 0.846. The number of carboxylic acid groups (broad SMARTS) is 2. The summed E-state index contributed by atoms with van der Waals surface area (Å²) in [7, 11) is 0. The monoisotopic (exact) mass is 486 g/mol. The Kier molecular flexibility index (Phi) is 17.3. The molecule has 0 aliphatic carbocycles. The summed E-state index contributed by atoms with van der Waals surface area (Å²) in [6.07, 6.45) is 10.9. The van der Waals surface area contributed by atoms with Crippen LogP contribution in [0.15, 0.2) is 0 Å². The topological polar surface area (TPSA) is 138 Å². The lowest BCUT2D eigenvalue weighted by atomic mass is 9.81. The van der Waals surface area contributed by atoms with Crippen molar-refractivity contribution in [3.63, 3.8) is 0 Å². The van der Waals surface area contributed by atoms with Gasteiger partial charge in [-0.3, -0.25) is 14.4 Å². The third kappa shape index (κ3) is 14.3. The first-order chi connectivity index (χ1) is 16.0. The first-order valence-corrected chi connectivity index (χ1v) is 13.0. The van der Waals surface area contributed by atoms with Gasteiger partial charge in [0.1, 0.15) is 0 Å². The maximum Gasteiger partial charge on any atom is 0.337 e. The first kappa shape index (κ1) is 32.0. The molecule has 0 heterocycles. The van der Waals surface area contributed by atoms with Crippen LogP contribution in [-0.4, -0.2) is 44.8 Å². The molecule has 0 spiro atoms. The Morgan fingerprint density at radius 1 is 0.765 bits per heavy atom. The van der Waals surface area contributed by atoms with Gasteiger partial charge in [-0.25, -0.2) is 4.79 Å². The van der Waals surface area contributed by atoms with Crippen molar-refractivity contribution in [2.45, 2.75) is 129 Å². The second kappa shape index (κ2) is 18.4. The van der Waals surface area contributed by atoms with Crippen molar-refractivity contribution in [2.75, 3.05) is 0 Å². The minimum atomic E-state index is -2.83. The van der Waals surface area contributed by atoms with Crippen LogP contribution in [0.4, 0.5) is 0 Å². The van der Waals surface area contributed by atoms with Crippen molar-refractivity contribution >= 4 is 23.9 Å². The summed E-state index contributed by atoms with van der Waals surface area (Å²) in [4.78, 5) is 47.7. The molecular formula is C26H46O8. The lowest BCUT2D eigenvalue weighted by molar-refractivity contribution is -0.184. The van der Waals surface area contributed by atoms with Crippen LogP contribution in [-0.2, 0) is 23.9 Å². The maximum absolute atomic E-state index is 12.7. The van der Waals surface area contributed by atoms with Crippen molar-refractivity contribution < 1.29 is 39.2 Å². The molecule has 2 atom stereocenters. The molecule has 0 aromatic carbocycles. The molecule has 34 heavy (non-hydrogen) atoms. The van der Waals surface area contributed by atoms with Gasteiger partial charge in [0.05, 0.1) is 12.3 Å². The summed E-state index contributed by atoms with van der Waals surface area (Å²) in [5.41, 5.74) is -2.83. The van der Waals surface area contributed by atoms with E-state index in [2.05, 4.69) is 20.8 Å². The summed E-state index contributed by atoms with van der Waals surface area (Å²) in [6.45, 7) is 6.47. The lowest BCUT2D eigenvalue weighted by Gasteiger charge is -2.29. The Balaban J connectivity index is 4.84. The first-order valence-electron chi connectivity index (χ1n) is 13.0. The van der Waals surface area contributed by atoms with Crippen LogP contribution >= 0.6 is 0 Å². The van der Waals surface area contributed by atoms with Crippen LogP contribution in [0.5, 0.6) is 0 Å². The van der Waals surface area contributed by atoms with Crippen molar-refractivity contribution in [3.8, 4) is 0 Å². The lowest BCUT2D eigenvalue weighted by Crippen LogP contribution is -2.51. The number of aliphatic carboxylic acids is 2. The highest BCUT2D eigenvalue weighted by Gasteiger charge is 2.50. The van der Waals surface area contributed by atoms with Crippen LogP contribution in [0.2, 0.25) is 0 Å². The van der Waals surface area contributed by atoms with Gasteiger partial charge < -0.3 is 20.1 Å². The van der Waals surface area contributed by atoms with Gasteiger partial charge in [0.15, 0.2) is 5.60 Å². The molecule has 0 fully saturated rings. The number of aliphatic hydroxyl groups is 1. The Hall–Kier alpha value is -1.96. The SMILES string of the molecule is CCCCCCCC(=O)OC(=O)C(CCCCCCCCCC(C)C)C(O)(CC(=O)O)C(=O)O. The zero-order chi connectivity index (χ0) is 26.0. The number of rotatable bonds is 21. The highest BCUT2D eigenvalue weighted by molar-refractivity contribution is 5.93. The summed E-state index contributed by atoms with van der Waals surface area (Å²) >= 11 is 0. The van der Waals surface area contributed by atoms with Gasteiger partial charge in [0.2, 0.25) is 0 Å². The summed E-state index contributed by atoms with van der Waals surface area (Å²) < 4.78 is 4.84. The van der Waals surface area contributed by atoms with E-state index in [9.17, 15) is 29.4 Å². The Labute approximate surface area is 204 Å². The second-order valence-electron chi connectivity index (χ2n) is 9.76. The van der Waals surface area contributed by atoms with E-state index in [1.54, 1.807) is 0 Å². The van der Waals surface area contributed by atoms with Crippen LogP contribution in [0.1, 0.15) is 124 Å². The largest absolute Gasteiger partial charge is 0.481 e. The number of hydrogen-bond acceptors (Lipinski definition) is 6. The van der Waals surface area contributed by atoms with E-state index in [1.807, 2.05) is 0 Å². The number of hydrogen-bond donors (Lipinski definition) is 3. The highest BCUT2D eigenvalue weighted by Crippen LogP contribution is 2.29. The van der Waals surface area contributed by atoms with Crippen molar-refractivity contribution in [3.05, 3.63) is 0 Å². The van der Waals surface area contributed by atoms with Crippen LogP contribution < -0.4 is 0 Å². The fourth-order valence-electron chi connectivity index (χ4n) is 4.02. The average Bonchev–Trinajstić information content (AvgIpc) is 2.73. The summed E-state index contributed by atoms with van der Waals surface area (Å²) in [6, 6.07) is 0. The minimum absolute atomic E-state index is 0.0173. The fourth-order valence-corrected chi connectivity index (χ4v) is 4.02. The molecule has 8 heteroatoms. The number of carboxylic acids is 2. The molecule has 0 bridgehead atoms. The molecule has 0 aliphatic heterocycles. The van der Waals surface area contributed by atoms with E-state index in [1.165, 1.54) is 12.8 Å². The van der Waals surface area contributed by atoms with Crippen LogP contribution in [0.3, 0.4) is 0 Å². The van der Waals surface area contributed by atoms with E-state index in [-0.39, 0.29) is 12.8 Å². The third-order valence-corrected chi connectivity index (χ3v) is 6.13. The molecule has 198 valence electrons. The van der Waals surface area contributed by atoms with E-state index in [0.29, 0.717) is 25.2 Å². The minimum Gasteiger partial charge on any atom is -0.481 e. The number of carbonyl (C=O) groups excluding carboxylic acids is 2. The molecule has 0 aliphatic rings. The van der Waals surface area contributed by atoms with Gasteiger partial charge >= 0.3 is 23.9 Å². The highest BCUT2D eigenvalue weighted by atomic mass is 16.6. The quantitative estimate of drug-likeness (QED) is 0.110. The van der Waals surface area contributed by atoms with Gasteiger partial charge in [-0.05, 0) is 18.8 Å². The summed E-state index contributed by atoms with van der Waals surface area (Å²) in [5, 5.41) is 29.2. The average molecular weight is 487 g/mol. The molecule has 0 amide bonds. The summed E-state index contributed by atoms with van der Waals surface area (Å²) in [5.74, 6) is -6.24. The van der Waals surface area contributed by atoms with Crippen molar-refractivity contribution in [2.24, 2.45) is 11.8 Å². The van der Waals surface area contributed by atoms with Crippen molar-refractivity contribution in [1.29, 1.82) is 0 Å². The molecule has 8 nitrogen and oxygen atoms in total. The zero-order valence-corrected chi connectivity index (χ0v) is 21.4. The van der Waals surface area contributed by atoms with Crippen molar-refractivity contribution in [1.82, 2.24) is 0 Å². The normalized spacial score (nSPS) is 13.9. The molecule has 3 N–H and O–H groups in total. The zero-order valence-electron chi connectivity index (χ0n) is 21.4. The molecule has 0 aromatic heterocycles. The van der Waals surface area contributed by atoms with Gasteiger partial charge in [-0.2, -0.15) is 0 Å². The molecule has 0 saturated heterocycles. The second-order valence-corrected chi connectivity index (χ2v) is 9.76. The van der Waals surface area contributed by atoms with E-state index >= 15 is 0 Å². The maximum atomic E-state index is 12.7. The standard InChI is InChI=1S/C26H46O8/c1-4-5-6-10-15-18-23(29)34-24(30)21(26(33,25(31)32)19-22(27)28)17-14-12-9-7-8-11-13-16-20(2)3/h20-21,33H,4-19H2,1-3H3,(H,27,28)(H,31,32). The Bertz CT molecular complexity index is 616. The molecular weight excluding hydrogens is 440 g/mol. The van der Waals surface area contributed by atoms with Gasteiger partial charge in [0.25, 0.3) is 0 Å².